The number of hydrogen-bond acceptors (Lipinski definition) is 3. The summed E-state index contributed by atoms with van der Waals surface area (Å²) in [6.45, 7) is 7.42. The molecule has 28 heavy (non-hydrogen) atoms. The number of aryl methyl sites for hydroxylation is 3. The van der Waals surface area contributed by atoms with Gasteiger partial charge < -0.3 is 15.4 Å². The average molecular weight is 497 g/mol. The lowest BCUT2D eigenvalue weighted by atomic mass is 10.1. The molecule has 0 amide bonds. The zero-order chi connectivity index (χ0) is 19.1. The minimum Gasteiger partial charge on any atom is -0.493 e. The minimum absolute atomic E-state index is 0. The molecular weight excluding hydrogens is 465 g/mol. The molecule has 1 saturated carbocycles. The Morgan fingerprint density at radius 1 is 1.25 bits per heavy atom. The van der Waals surface area contributed by atoms with Crippen molar-refractivity contribution >= 4 is 29.9 Å². The predicted molar refractivity (Wildman–Crippen MR) is 125 cm³/mol. The highest BCUT2D eigenvalue weighted by Gasteiger charge is 2.22. The first-order valence-electron chi connectivity index (χ1n) is 9.80. The van der Waals surface area contributed by atoms with Crippen LogP contribution in [0.4, 0.5) is 0 Å². The average Bonchev–Trinajstić information content (AvgIpc) is 3.40. The van der Waals surface area contributed by atoms with Gasteiger partial charge in [-0.3, -0.25) is 9.67 Å². The van der Waals surface area contributed by atoms with Gasteiger partial charge in [-0.15, -0.1) is 24.0 Å². The Labute approximate surface area is 185 Å². The van der Waals surface area contributed by atoms with Crippen LogP contribution in [-0.4, -0.2) is 35.9 Å². The minimum atomic E-state index is 0. The Morgan fingerprint density at radius 3 is 2.75 bits per heavy atom. The molecule has 1 fully saturated rings. The molecule has 0 radical (unpaired) electrons. The first-order valence-corrected chi connectivity index (χ1v) is 9.80. The summed E-state index contributed by atoms with van der Waals surface area (Å²) in [4.78, 5) is 4.31. The van der Waals surface area contributed by atoms with Crippen LogP contribution in [0.2, 0.25) is 0 Å². The first-order chi connectivity index (χ1) is 13.1. The summed E-state index contributed by atoms with van der Waals surface area (Å²) in [6, 6.07) is 6.39. The molecule has 0 spiro atoms. The summed E-state index contributed by atoms with van der Waals surface area (Å²) in [6.07, 6.45) is 7.54. The fourth-order valence-corrected chi connectivity index (χ4v) is 2.87. The first kappa shape index (κ1) is 22.5. The van der Waals surface area contributed by atoms with Gasteiger partial charge in [-0.2, -0.15) is 5.10 Å². The Morgan fingerprint density at radius 2 is 2.07 bits per heavy atom. The van der Waals surface area contributed by atoms with Crippen LogP contribution in [0.25, 0.3) is 0 Å². The molecule has 0 aliphatic heterocycles. The van der Waals surface area contributed by atoms with E-state index in [0.717, 1.165) is 49.3 Å². The van der Waals surface area contributed by atoms with Gasteiger partial charge in [-0.05, 0) is 56.2 Å². The number of guanidine groups is 1. The summed E-state index contributed by atoms with van der Waals surface area (Å²) in [5.41, 5.74) is 3.58. The summed E-state index contributed by atoms with van der Waals surface area (Å²) >= 11 is 0. The van der Waals surface area contributed by atoms with E-state index in [1.807, 2.05) is 10.9 Å². The van der Waals surface area contributed by atoms with Crippen molar-refractivity contribution in [2.24, 2.45) is 10.9 Å². The zero-order valence-electron chi connectivity index (χ0n) is 17.1. The third-order valence-corrected chi connectivity index (χ3v) is 4.68. The second-order valence-electron chi connectivity index (χ2n) is 7.35. The number of rotatable bonds is 9. The summed E-state index contributed by atoms with van der Waals surface area (Å²) < 4.78 is 8.02. The summed E-state index contributed by atoms with van der Waals surface area (Å²) in [5, 5.41) is 11.1. The van der Waals surface area contributed by atoms with E-state index < -0.39 is 0 Å². The van der Waals surface area contributed by atoms with Crippen molar-refractivity contribution < 1.29 is 4.74 Å². The van der Waals surface area contributed by atoms with Crippen LogP contribution in [0, 0.1) is 19.8 Å². The van der Waals surface area contributed by atoms with E-state index in [-0.39, 0.29) is 24.0 Å². The molecule has 2 aromatic rings. The number of halogens is 1. The second kappa shape index (κ2) is 11.3. The molecule has 7 heteroatoms. The Kier molecular flexibility index (Phi) is 9.08. The Hall–Kier alpha value is -1.77. The van der Waals surface area contributed by atoms with Crippen LogP contribution in [0.3, 0.4) is 0 Å². The number of ether oxygens (including phenoxy) is 1. The van der Waals surface area contributed by atoms with E-state index in [9.17, 15) is 0 Å². The van der Waals surface area contributed by atoms with Gasteiger partial charge in [-0.25, -0.2) is 0 Å². The lowest BCUT2D eigenvalue weighted by Gasteiger charge is -2.15. The second-order valence-corrected chi connectivity index (χ2v) is 7.35. The van der Waals surface area contributed by atoms with Gasteiger partial charge in [0.25, 0.3) is 0 Å². The summed E-state index contributed by atoms with van der Waals surface area (Å²) in [7, 11) is 1.80. The van der Waals surface area contributed by atoms with Crippen LogP contribution in [-0.2, 0) is 13.1 Å². The molecule has 1 heterocycles. The molecule has 0 bridgehead atoms. The summed E-state index contributed by atoms with van der Waals surface area (Å²) in [5.74, 6) is 2.54. The number of nitrogens with zero attached hydrogens (tertiary/aromatic N) is 3. The number of nitrogens with one attached hydrogen (secondary N) is 2. The van der Waals surface area contributed by atoms with Crippen molar-refractivity contribution in [1.29, 1.82) is 0 Å². The number of benzene rings is 1. The standard InChI is InChI=1S/C21H31N5O.HI/c1-16-5-8-19(20(11-16)27-15-18-6-7-18)13-24-21(22-3)23-9-4-10-26-14-17(2)12-25-26;/h5,8,11-12,14,18H,4,6-7,9-10,13,15H2,1-3H3,(H2,22,23,24);1H. The topological polar surface area (TPSA) is 63.5 Å². The zero-order valence-corrected chi connectivity index (χ0v) is 19.4. The van der Waals surface area contributed by atoms with E-state index in [2.05, 4.69) is 59.0 Å². The Balaban J connectivity index is 0.00000280. The van der Waals surface area contributed by atoms with Crippen LogP contribution < -0.4 is 15.4 Å². The predicted octanol–water partition coefficient (Wildman–Crippen LogP) is 3.66. The van der Waals surface area contributed by atoms with Crippen molar-refractivity contribution in [2.75, 3.05) is 20.2 Å². The molecule has 0 atom stereocenters. The highest BCUT2D eigenvalue weighted by molar-refractivity contribution is 14.0. The van der Waals surface area contributed by atoms with Crippen LogP contribution in [0.1, 0.15) is 36.0 Å². The fraction of sp³-hybridized carbons (Fsp3) is 0.524. The van der Waals surface area contributed by atoms with E-state index in [1.54, 1.807) is 7.05 Å². The van der Waals surface area contributed by atoms with E-state index in [0.29, 0.717) is 6.54 Å². The van der Waals surface area contributed by atoms with Crippen molar-refractivity contribution in [1.82, 2.24) is 20.4 Å². The molecule has 6 nitrogen and oxygen atoms in total. The molecule has 154 valence electrons. The number of hydrogen-bond donors (Lipinski definition) is 2. The van der Waals surface area contributed by atoms with Gasteiger partial charge in [0.1, 0.15) is 5.75 Å². The molecule has 1 aromatic heterocycles. The molecule has 3 rings (SSSR count). The highest BCUT2D eigenvalue weighted by Crippen LogP contribution is 2.30. The van der Waals surface area contributed by atoms with Crippen LogP contribution in [0.15, 0.2) is 35.6 Å². The fourth-order valence-electron chi connectivity index (χ4n) is 2.87. The van der Waals surface area contributed by atoms with Gasteiger partial charge in [-0.1, -0.05) is 12.1 Å². The maximum atomic E-state index is 6.05. The third-order valence-electron chi connectivity index (χ3n) is 4.68. The van der Waals surface area contributed by atoms with E-state index in [1.165, 1.54) is 24.0 Å². The maximum Gasteiger partial charge on any atom is 0.191 e. The lowest BCUT2D eigenvalue weighted by Crippen LogP contribution is -2.37. The monoisotopic (exact) mass is 497 g/mol. The molecular formula is C21H32IN5O. The van der Waals surface area contributed by atoms with Crippen molar-refractivity contribution in [2.45, 2.75) is 46.2 Å². The largest absolute Gasteiger partial charge is 0.493 e. The van der Waals surface area contributed by atoms with E-state index in [4.69, 9.17) is 4.74 Å². The molecule has 1 aliphatic rings. The van der Waals surface area contributed by atoms with Gasteiger partial charge in [0.15, 0.2) is 5.96 Å². The normalized spacial score (nSPS) is 13.8. The maximum absolute atomic E-state index is 6.05. The lowest BCUT2D eigenvalue weighted by molar-refractivity contribution is 0.296. The van der Waals surface area contributed by atoms with Gasteiger partial charge in [0, 0.05) is 38.4 Å². The highest BCUT2D eigenvalue weighted by atomic mass is 127. The van der Waals surface area contributed by atoms with Crippen molar-refractivity contribution in [3.05, 3.63) is 47.3 Å². The van der Waals surface area contributed by atoms with Crippen molar-refractivity contribution in [3.8, 4) is 5.75 Å². The molecule has 0 saturated heterocycles. The van der Waals surface area contributed by atoms with Gasteiger partial charge in [0.05, 0.1) is 12.8 Å². The van der Waals surface area contributed by atoms with Crippen LogP contribution in [0.5, 0.6) is 5.75 Å². The molecule has 2 N–H and O–H groups in total. The molecule has 1 aliphatic carbocycles. The van der Waals surface area contributed by atoms with E-state index >= 15 is 0 Å². The molecule has 0 unspecified atom stereocenters. The molecule has 1 aromatic carbocycles. The van der Waals surface area contributed by atoms with Gasteiger partial charge >= 0.3 is 0 Å². The van der Waals surface area contributed by atoms with Crippen molar-refractivity contribution in [3.63, 3.8) is 0 Å². The SMILES string of the molecule is CN=C(NCCCn1cc(C)cn1)NCc1ccc(C)cc1OCC1CC1.I. The number of aromatic nitrogens is 2. The third kappa shape index (κ3) is 7.33. The van der Waals surface area contributed by atoms with Gasteiger partial charge in [0.2, 0.25) is 0 Å². The number of aliphatic imine (C=N–C) groups is 1. The Bertz CT molecular complexity index is 770. The quantitative estimate of drug-likeness (QED) is 0.240. The smallest absolute Gasteiger partial charge is 0.191 e. The van der Waals surface area contributed by atoms with Crippen LogP contribution >= 0.6 is 24.0 Å².